The molecule has 0 fully saturated rings. The number of rotatable bonds is 6. The van der Waals surface area contributed by atoms with Crippen LogP contribution in [0.4, 0.5) is 10.1 Å². The Morgan fingerprint density at radius 1 is 1.03 bits per heavy atom. The van der Waals surface area contributed by atoms with Crippen LogP contribution in [-0.4, -0.2) is 21.2 Å². The van der Waals surface area contributed by atoms with Gasteiger partial charge in [-0.3, -0.25) is 14.2 Å². The van der Waals surface area contributed by atoms with Crippen molar-refractivity contribution in [1.82, 2.24) is 9.55 Å². The van der Waals surface area contributed by atoms with Gasteiger partial charge in [0.15, 0.2) is 5.16 Å². The second kappa shape index (κ2) is 9.73. The van der Waals surface area contributed by atoms with Crippen molar-refractivity contribution in [3.63, 3.8) is 0 Å². The lowest BCUT2D eigenvalue weighted by Crippen LogP contribution is -2.25. The Kier molecular flexibility index (Phi) is 6.79. The Bertz CT molecular complexity index is 1360. The van der Waals surface area contributed by atoms with Crippen LogP contribution in [0.5, 0.6) is 0 Å². The van der Waals surface area contributed by atoms with Gasteiger partial charge in [0.1, 0.15) is 5.82 Å². The highest BCUT2D eigenvalue weighted by Gasteiger charge is 2.15. The molecule has 0 unspecified atom stereocenters. The highest BCUT2D eigenvalue weighted by Crippen LogP contribution is 2.22. The predicted molar refractivity (Wildman–Crippen MR) is 127 cm³/mol. The first kappa shape index (κ1) is 22.3. The Hall–Kier alpha value is -2.87. The van der Waals surface area contributed by atoms with Crippen molar-refractivity contribution in [2.24, 2.45) is 0 Å². The molecule has 1 N–H and O–H groups in total. The third-order valence-electron chi connectivity index (χ3n) is 4.62. The summed E-state index contributed by atoms with van der Waals surface area (Å²) in [4.78, 5) is 30.2. The summed E-state index contributed by atoms with van der Waals surface area (Å²) in [6.07, 6.45) is 0. The number of thioether (sulfide) groups is 1. The third-order valence-corrected chi connectivity index (χ3v) is 6.08. The van der Waals surface area contributed by atoms with Gasteiger partial charge in [-0.1, -0.05) is 59.2 Å². The van der Waals surface area contributed by atoms with Crippen molar-refractivity contribution in [3.8, 4) is 0 Å². The largest absolute Gasteiger partial charge is 0.323 e. The number of hydrogen-bond donors (Lipinski definition) is 1. The maximum Gasteiger partial charge on any atom is 0.262 e. The summed E-state index contributed by atoms with van der Waals surface area (Å²) in [7, 11) is 0. The van der Waals surface area contributed by atoms with Crippen LogP contribution >= 0.6 is 35.0 Å². The number of nitrogens with zero attached hydrogens (tertiary/aromatic N) is 2. The van der Waals surface area contributed by atoms with Crippen molar-refractivity contribution >= 4 is 57.5 Å². The summed E-state index contributed by atoms with van der Waals surface area (Å²) < 4.78 is 15.5. The summed E-state index contributed by atoms with van der Waals surface area (Å²) in [5.41, 5.74) is 1.22. The summed E-state index contributed by atoms with van der Waals surface area (Å²) >= 11 is 12.8. The molecule has 5 nitrogen and oxygen atoms in total. The zero-order chi connectivity index (χ0) is 22.7. The van der Waals surface area contributed by atoms with E-state index in [4.69, 9.17) is 23.2 Å². The number of amides is 1. The molecule has 3 aromatic carbocycles. The minimum atomic E-state index is -0.626. The van der Waals surface area contributed by atoms with Gasteiger partial charge < -0.3 is 5.32 Å². The molecular weight excluding hydrogens is 472 g/mol. The van der Waals surface area contributed by atoms with Crippen LogP contribution in [0, 0.1) is 5.82 Å². The molecule has 0 saturated carbocycles. The van der Waals surface area contributed by atoms with Crippen LogP contribution in [-0.2, 0) is 11.3 Å². The number of aromatic nitrogens is 2. The maximum atomic E-state index is 14.0. The summed E-state index contributed by atoms with van der Waals surface area (Å²) in [6.45, 7) is 0.267. The van der Waals surface area contributed by atoms with Gasteiger partial charge in [0.2, 0.25) is 5.91 Å². The van der Waals surface area contributed by atoms with Gasteiger partial charge in [0.25, 0.3) is 5.56 Å². The van der Waals surface area contributed by atoms with E-state index in [1.165, 1.54) is 16.7 Å². The fraction of sp³-hybridized carbons (Fsp3) is 0.0870. The van der Waals surface area contributed by atoms with Crippen LogP contribution in [0.15, 0.2) is 76.7 Å². The number of benzene rings is 3. The molecule has 0 aliphatic heterocycles. The number of anilines is 1. The van der Waals surface area contributed by atoms with Crippen molar-refractivity contribution in [3.05, 3.63) is 98.5 Å². The lowest BCUT2D eigenvalue weighted by Gasteiger charge is -2.13. The molecule has 162 valence electrons. The quantitative estimate of drug-likeness (QED) is 0.283. The molecule has 1 heterocycles. The molecular formula is C23H16Cl2FN3O2S. The minimum Gasteiger partial charge on any atom is -0.323 e. The Morgan fingerprint density at radius 3 is 2.50 bits per heavy atom. The molecule has 0 aliphatic carbocycles. The Labute approximate surface area is 197 Å². The number of nitrogens with one attached hydrogen (secondary N) is 1. The predicted octanol–water partition coefficient (Wildman–Crippen LogP) is 5.62. The number of hydrogen-bond acceptors (Lipinski definition) is 4. The molecule has 32 heavy (non-hydrogen) atoms. The van der Waals surface area contributed by atoms with Crippen molar-refractivity contribution < 1.29 is 9.18 Å². The number of carbonyl (C=O) groups excluding carboxylic acids is 1. The molecule has 0 radical (unpaired) electrons. The molecule has 0 bridgehead atoms. The standard InChI is InChI=1S/C23H16Cl2FN3O2S/c24-15-7-5-14(6-8-15)12-29-22(31)17-3-1-2-4-19(17)28-23(29)32-13-21(30)27-20-10-9-16(25)11-18(20)26/h1-11H,12-13H2,(H,27,30). The highest BCUT2D eigenvalue weighted by molar-refractivity contribution is 7.99. The van der Waals surface area contributed by atoms with E-state index in [-0.39, 0.29) is 28.6 Å². The molecule has 4 rings (SSSR count). The van der Waals surface area contributed by atoms with Crippen LogP contribution in [0.1, 0.15) is 5.56 Å². The first-order chi connectivity index (χ1) is 15.4. The fourth-order valence-corrected chi connectivity index (χ4v) is 4.16. The minimum absolute atomic E-state index is 0.0324. The smallest absolute Gasteiger partial charge is 0.262 e. The van der Waals surface area contributed by atoms with Crippen LogP contribution in [0.2, 0.25) is 10.0 Å². The molecule has 1 amide bonds. The van der Waals surface area contributed by atoms with Gasteiger partial charge in [-0.2, -0.15) is 0 Å². The van der Waals surface area contributed by atoms with E-state index in [1.807, 2.05) is 12.1 Å². The summed E-state index contributed by atoms with van der Waals surface area (Å²) in [5, 5.41) is 4.21. The van der Waals surface area contributed by atoms with Crippen molar-refractivity contribution in [2.75, 3.05) is 11.1 Å². The topological polar surface area (TPSA) is 64.0 Å². The third kappa shape index (κ3) is 5.12. The lowest BCUT2D eigenvalue weighted by molar-refractivity contribution is -0.113. The molecule has 0 saturated heterocycles. The van der Waals surface area contributed by atoms with Crippen molar-refractivity contribution in [1.29, 1.82) is 0 Å². The molecule has 0 aliphatic rings. The average molecular weight is 488 g/mol. The van der Waals surface area contributed by atoms with E-state index in [1.54, 1.807) is 36.4 Å². The molecule has 1 aromatic heterocycles. The fourth-order valence-electron chi connectivity index (χ4n) is 3.08. The van der Waals surface area contributed by atoms with Gasteiger partial charge in [0, 0.05) is 10.0 Å². The Balaban J connectivity index is 1.61. The van der Waals surface area contributed by atoms with Gasteiger partial charge in [-0.15, -0.1) is 0 Å². The first-order valence-electron chi connectivity index (χ1n) is 9.52. The SMILES string of the molecule is O=C(CSc1nc2ccccc2c(=O)n1Cc1ccc(Cl)cc1)Nc1ccc(Cl)cc1F. The second-order valence-corrected chi connectivity index (χ2v) is 8.71. The summed E-state index contributed by atoms with van der Waals surface area (Å²) in [6, 6.07) is 18.2. The van der Waals surface area contributed by atoms with E-state index >= 15 is 0 Å². The summed E-state index contributed by atoms with van der Waals surface area (Å²) in [5.74, 6) is -1.12. The molecule has 4 aromatic rings. The van der Waals surface area contributed by atoms with Gasteiger partial charge in [-0.05, 0) is 48.0 Å². The van der Waals surface area contributed by atoms with E-state index < -0.39 is 11.7 Å². The normalized spacial score (nSPS) is 11.0. The van der Waals surface area contributed by atoms with Crippen molar-refractivity contribution in [2.45, 2.75) is 11.7 Å². The van der Waals surface area contributed by atoms with Crippen LogP contribution < -0.4 is 10.9 Å². The molecule has 9 heteroatoms. The first-order valence-corrected chi connectivity index (χ1v) is 11.3. The zero-order valence-corrected chi connectivity index (χ0v) is 18.8. The van der Waals surface area contributed by atoms with Crippen LogP contribution in [0.3, 0.4) is 0 Å². The van der Waals surface area contributed by atoms with E-state index in [0.29, 0.717) is 21.1 Å². The van der Waals surface area contributed by atoms with E-state index in [9.17, 15) is 14.0 Å². The number of halogens is 3. The monoisotopic (exact) mass is 487 g/mol. The zero-order valence-electron chi connectivity index (χ0n) is 16.5. The lowest BCUT2D eigenvalue weighted by atomic mass is 10.2. The van der Waals surface area contributed by atoms with Crippen LogP contribution in [0.25, 0.3) is 10.9 Å². The maximum absolute atomic E-state index is 14.0. The van der Waals surface area contributed by atoms with Gasteiger partial charge >= 0.3 is 0 Å². The Morgan fingerprint density at radius 2 is 1.75 bits per heavy atom. The highest BCUT2D eigenvalue weighted by atomic mass is 35.5. The molecule has 0 spiro atoms. The number of fused-ring (bicyclic) bond motifs is 1. The average Bonchev–Trinajstić information content (AvgIpc) is 2.78. The van der Waals surface area contributed by atoms with E-state index in [2.05, 4.69) is 10.3 Å². The van der Waals surface area contributed by atoms with Gasteiger partial charge in [0.05, 0.1) is 28.9 Å². The second-order valence-electron chi connectivity index (χ2n) is 6.89. The molecule has 0 atom stereocenters. The van der Waals surface area contributed by atoms with E-state index in [0.717, 1.165) is 23.4 Å². The number of para-hydroxylation sites is 1. The van der Waals surface area contributed by atoms with Gasteiger partial charge in [-0.25, -0.2) is 9.37 Å². The number of carbonyl (C=O) groups is 1.